The Balaban J connectivity index is 1.29. The molecule has 0 bridgehead atoms. The van der Waals surface area contributed by atoms with Crippen molar-refractivity contribution in [1.29, 1.82) is 0 Å². The molecule has 1 aromatic carbocycles. The van der Waals surface area contributed by atoms with E-state index >= 15 is 0 Å². The van der Waals surface area contributed by atoms with E-state index in [9.17, 15) is 9.59 Å². The highest BCUT2D eigenvalue weighted by Crippen LogP contribution is 2.18. The second kappa shape index (κ2) is 9.42. The van der Waals surface area contributed by atoms with Crippen LogP contribution < -0.4 is 21.2 Å². The fourth-order valence-electron chi connectivity index (χ4n) is 3.70. The zero-order chi connectivity index (χ0) is 21.6. The molecule has 8 nitrogen and oxygen atoms in total. The Bertz CT molecular complexity index is 1090. The number of urea groups is 1. The molecule has 0 aliphatic carbocycles. The van der Waals surface area contributed by atoms with Gasteiger partial charge in [-0.2, -0.15) is 0 Å². The number of rotatable bonds is 5. The van der Waals surface area contributed by atoms with Gasteiger partial charge < -0.3 is 15.5 Å². The normalized spacial score (nSPS) is 14.3. The fraction of sp³-hybridized carbons (Fsp3) is 0.304. The number of aryl methyl sites for hydroxylation is 1. The molecule has 31 heavy (non-hydrogen) atoms. The minimum Gasteiger partial charge on any atom is -0.356 e. The molecule has 8 heteroatoms. The predicted octanol–water partition coefficient (Wildman–Crippen LogP) is 2.79. The highest BCUT2D eigenvalue weighted by Gasteiger charge is 2.21. The molecule has 1 aliphatic rings. The van der Waals surface area contributed by atoms with Gasteiger partial charge >= 0.3 is 11.7 Å². The van der Waals surface area contributed by atoms with Gasteiger partial charge in [-0.25, -0.2) is 19.6 Å². The summed E-state index contributed by atoms with van der Waals surface area (Å²) in [4.78, 5) is 34.8. The molecule has 0 saturated carbocycles. The van der Waals surface area contributed by atoms with Gasteiger partial charge in [-0.15, -0.1) is 0 Å². The zero-order valence-electron chi connectivity index (χ0n) is 17.5. The molecule has 4 rings (SSSR count). The number of hydrogen-bond donors (Lipinski definition) is 2. The first-order chi connectivity index (χ1) is 15.1. The molecule has 2 aromatic heterocycles. The van der Waals surface area contributed by atoms with Crippen molar-refractivity contribution in [2.45, 2.75) is 32.4 Å². The number of benzene rings is 1. The summed E-state index contributed by atoms with van der Waals surface area (Å²) >= 11 is 0. The predicted molar refractivity (Wildman–Crippen MR) is 120 cm³/mol. The Morgan fingerprint density at radius 3 is 2.71 bits per heavy atom. The number of piperidine rings is 1. The lowest BCUT2D eigenvalue weighted by Gasteiger charge is -2.33. The number of aromatic nitrogens is 3. The molecule has 3 aromatic rings. The Morgan fingerprint density at radius 1 is 1.13 bits per heavy atom. The van der Waals surface area contributed by atoms with E-state index in [1.165, 1.54) is 10.8 Å². The van der Waals surface area contributed by atoms with Crippen LogP contribution in [-0.2, 0) is 6.54 Å². The monoisotopic (exact) mass is 418 g/mol. The Labute approximate surface area is 181 Å². The summed E-state index contributed by atoms with van der Waals surface area (Å²) in [6.07, 6.45) is 6.79. The van der Waals surface area contributed by atoms with Crippen LogP contribution >= 0.6 is 0 Å². The summed E-state index contributed by atoms with van der Waals surface area (Å²) in [7, 11) is 0. The number of pyridine rings is 1. The van der Waals surface area contributed by atoms with Gasteiger partial charge in [0.05, 0.1) is 6.54 Å². The third-order valence-electron chi connectivity index (χ3n) is 5.37. The van der Waals surface area contributed by atoms with Crippen LogP contribution in [0.4, 0.5) is 16.3 Å². The second-order valence-electron chi connectivity index (χ2n) is 7.78. The Morgan fingerprint density at radius 2 is 1.97 bits per heavy atom. The molecule has 1 fully saturated rings. The van der Waals surface area contributed by atoms with Gasteiger partial charge in [0.25, 0.3) is 0 Å². The standard InChI is InChI=1S/C23H26N6O2/c1-17-6-7-21(25-15-17)28-12-8-19(9-13-28)26-22(30)27-20-5-2-4-18(14-20)16-29-11-3-10-24-23(29)31/h2-7,10-11,14-15,19H,8-9,12-13,16H2,1H3,(H2,26,27,30). The van der Waals surface area contributed by atoms with E-state index in [0.717, 1.165) is 42.9 Å². The number of nitrogens with zero attached hydrogens (tertiary/aromatic N) is 4. The molecule has 1 saturated heterocycles. The topological polar surface area (TPSA) is 92.2 Å². The van der Waals surface area contributed by atoms with E-state index in [1.807, 2.05) is 43.5 Å². The maximum Gasteiger partial charge on any atom is 0.347 e. The molecular weight excluding hydrogens is 392 g/mol. The Kier molecular flexibility index (Phi) is 6.26. The van der Waals surface area contributed by atoms with Crippen molar-refractivity contribution in [2.24, 2.45) is 0 Å². The van der Waals surface area contributed by atoms with Crippen LogP contribution in [0, 0.1) is 6.92 Å². The first-order valence-corrected chi connectivity index (χ1v) is 10.4. The SMILES string of the molecule is Cc1ccc(N2CCC(NC(=O)Nc3cccc(Cn4cccnc4=O)c3)CC2)nc1. The van der Waals surface area contributed by atoms with Crippen molar-refractivity contribution in [3.8, 4) is 0 Å². The van der Waals surface area contributed by atoms with Crippen molar-refractivity contribution >= 4 is 17.5 Å². The third-order valence-corrected chi connectivity index (χ3v) is 5.37. The molecule has 2 N–H and O–H groups in total. The molecule has 3 heterocycles. The van der Waals surface area contributed by atoms with Crippen LogP contribution in [0.25, 0.3) is 0 Å². The highest BCUT2D eigenvalue weighted by molar-refractivity contribution is 5.89. The number of carbonyl (C=O) groups excluding carboxylic acids is 1. The summed E-state index contributed by atoms with van der Waals surface area (Å²) in [5.74, 6) is 0.984. The quantitative estimate of drug-likeness (QED) is 0.665. The molecule has 1 aliphatic heterocycles. The number of anilines is 2. The van der Waals surface area contributed by atoms with Crippen molar-refractivity contribution in [2.75, 3.05) is 23.3 Å². The zero-order valence-corrected chi connectivity index (χ0v) is 17.5. The van der Waals surface area contributed by atoms with Crippen molar-refractivity contribution < 1.29 is 4.79 Å². The minimum absolute atomic E-state index is 0.124. The molecular formula is C23H26N6O2. The van der Waals surface area contributed by atoms with Gasteiger partial charge in [-0.05, 0) is 55.2 Å². The number of nitrogens with one attached hydrogen (secondary N) is 2. The van der Waals surface area contributed by atoms with Gasteiger partial charge in [0.2, 0.25) is 0 Å². The van der Waals surface area contributed by atoms with Gasteiger partial charge in [0, 0.05) is 43.4 Å². The van der Waals surface area contributed by atoms with Gasteiger partial charge in [-0.1, -0.05) is 18.2 Å². The van der Waals surface area contributed by atoms with E-state index in [-0.39, 0.29) is 17.8 Å². The number of hydrogen-bond acceptors (Lipinski definition) is 5. The van der Waals surface area contributed by atoms with Crippen LogP contribution in [-0.4, -0.2) is 39.7 Å². The molecule has 2 amide bonds. The third kappa shape index (κ3) is 5.48. The summed E-state index contributed by atoms with van der Waals surface area (Å²) in [6, 6.07) is 13.2. The van der Waals surface area contributed by atoms with Crippen LogP contribution in [0.1, 0.15) is 24.0 Å². The van der Waals surface area contributed by atoms with Crippen LogP contribution in [0.3, 0.4) is 0 Å². The average molecular weight is 419 g/mol. The minimum atomic E-state index is -0.300. The van der Waals surface area contributed by atoms with Crippen molar-refractivity contribution in [3.05, 3.63) is 82.7 Å². The fourth-order valence-corrected chi connectivity index (χ4v) is 3.70. The molecule has 0 atom stereocenters. The van der Waals surface area contributed by atoms with E-state index < -0.39 is 0 Å². The summed E-state index contributed by atoms with van der Waals surface area (Å²) in [6.45, 7) is 4.14. The molecule has 0 radical (unpaired) electrons. The van der Waals surface area contributed by atoms with Crippen LogP contribution in [0.5, 0.6) is 0 Å². The van der Waals surface area contributed by atoms with Crippen LogP contribution in [0.15, 0.2) is 65.8 Å². The molecule has 0 unspecified atom stereocenters. The summed E-state index contributed by atoms with van der Waals surface area (Å²) in [5.41, 5.74) is 2.44. The van der Waals surface area contributed by atoms with Gasteiger partial charge in [0.1, 0.15) is 5.82 Å². The number of carbonyl (C=O) groups is 1. The van der Waals surface area contributed by atoms with E-state index in [4.69, 9.17) is 0 Å². The lowest BCUT2D eigenvalue weighted by Crippen LogP contribution is -2.46. The Hall–Kier alpha value is -3.68. The summed E-state index contributed by atoms with van der Waals surface area (Å²) in [5, 5.41) is 5.96. The maximum atomic E-state index is 12.5. The maximum absolute atomic E-state index is 12.5. The lowest BCUT2D eigenvalue weighted by atomic mass is 10.1. The number of amides is 2. The van der Waals surface area contributed by atoms with Gasteiger partial charge in [-0.3, -0.25) is 4.57 Å². The smallest absolute Gasteiger partial charge is 0.347 e. The van der Waals surface area contributed by atoms with Crippen molar-refractivity contribution in [1.82, 2.24) is 19.9 Å². The van der Waals surface area contributed by atoms with E-state index in [0.29, 0.717) is 12.2 Å². The average Bonchev–Trinajstić information content (AvgIpc) is 2.77. The summed E-state index contributed by atoms with van der Waals surface area (Å²) < 4.78 is 1.52. The van der Waals surface area contributed by atoms with Crippen LogP contribution in [0.2, 0.25) is 0 Å². The second-order valence-corrected chi connectivity index (χ2v) is 7.78. The van der Waals surface area contributed by atoms with Crippen molar-refractivity contribution in [3.63, 3.8) is 0 Å². The largest absolute Gasteiger partial charge is 0.356 e. The molecule has 0 spiro atoms. The first kappa shape index (κ1) is 20.6. The van der Waals surface area contributed by atoms with Gasteiger partial charge in [0.15, 0.2) is 0 Å². The lowest BCUT2D eigenvalue weighted by molar-refractivity contribution is 0.246. The molecule has 160 valence electrons. The first-order valence-electron chi connectivity index (χ1n) is 10.4. The highest BCUT2D eigenvalue weighted by atomic mass is 16.2. The van der Waals surface area contributed by atoms with E-state index in [1.54, 1.807) is 12.3 Å². The van der Waals surface area contributed by atoms with E-state index in [2.05, 4.69) is 31.6 Å².